The van der Waals surface area contributed by atoms with Gasteiger partial charge in [-0.2, -0.15) is 0 Å². The van der Waals surface area contributed by atoms with Crippen molar-refractivity contribution in [1.82, 2.24) is 0 Å². The molecule has 0 bridgehead atoms. The smallest absolute Gasteiger partial charge is 0.121 e. The van der Waals surface area contributed by atoms with Crippen molar-refractivity contribution in [2.75, 3.05) is 0 Å². The highest BCUT2D eigenvalue weighted by Gasteiger charge is 2.06. The minimum Gasteiger partial charge on any atom is -0.486 e. The van der Waals surface area contributed by atoms with Gasteiger partial charge in [0.25, 0.3) is 0 Å². The molecule has 0 aliphatic heterocycles. The molecule has 0 fully saturated rings. The van der Waals surface area contributed by atoms with Crippen molar-refractivity contribution in [2.45, 2.75) is 32.4 Å². The molecule has 0 saturated heterocycles. The lowest BCUT2D eigenvalue weighted by Gasteiger charge is -2.15. The van der Waals surface area contributed by atoms with E-state index in [9.17, 15) is 0 Å². The second-order valence-corrected chi connectivity index (χ2v) is 5.00. The summed E-state index contributed by atoms with van der Waals surface area (Å²) in [6.07, 6.45) is 0.953. The molecule has 2 aromatic rings. The van der Waals surface area contributed by atoms with Crippen LogP contribution < -0.4 is 10.5 Å². The van der Waals surface area contributed by atoms with E-state index in [4.69, 9.17) is 10.5 Å². The molecule has 2 atom stereocenters. The Kier molecular flexibility index (Phi) is 4.58. The molecular weight excluding hydrogens is 234 g/mol. The standard InChI is InChI=1S/C17H21NO/c1-13(18)12-15-8-10-17(11-9-15)19-14(2)16-6-4-3-5-7-16/h3-11,13-14H,12,18H2,1-2H3. The maximum absolute atomic E-state index is 5.93. The van der Waals surface area contributed by atoms with Crippen molar-refractivity contribution in [3.63, 3.8) is 0 Å². The first-order chi connectivity index (χ1) is 9.15. The molecule has 2 aromatic carbocycles. The molecule has 0 heterocycles. The zero-order valence-corrected chi connectivity index (χ0v) is 11.5. The Morgan fingerprint density at radius 1 is 0.947 bits per heavy atom. The van der Waals surface area contributed by atoms with Gasteiger partial charge >= 0.3 is 0 Å². The van der Waals surface area contributed by atoms with Crippen LogP contribution in [-0.2, 0) is 6.42 Å². The number of ether oxygens (including phenoxy) is 1. The van der Waals surface area contributed by atoms with Crippen molar-refractivity contribution in [2.24, 2.45) is 5.73 Å². The van der Waals surface area contributed by atoms with E-state index in [0.29, 0.717) is 0 Å². The summed E-state index contributed by atoms with van der Waals surface area (Å²) in [5.41, 5.74) is 8.22. The largest absolute Gasteiger partial charge is 0.486 e. The van der Waals surface area contributed by atoms with Crippen molar-refractivity contribution >= 4 is 0 Å². The highest BCUT2D eigenvalue weighted by atomic mass is 16.5. The van der Waals surface area contributed by atoms with Crippen LogP contribution in [0.2, 0.25) is 0 Å². The summed E-state index contributed by atoms with van der Waals surface area (Å²) < 4.78 is 5.93. The molecule has 0 radical (unpaired) electrons. The summed E-state index contributed by atoms with van der Waals surface area (Å²) >= 11 is 0. The van der Waals surface area contributed by atoms with Gasteiger partial charge in [0, 0.05) is 6.04 Å². The van der Waals surface area contributed by atoms with Crippen LogP contribution in [0.5, 0.6) is 5.75 Å². The van der Waals surface area contributed by atoms with Crippen LogP contribution in [-0.4, -0.2) is 6.04 Å². The van der Waals surface area contributed by atoms with E-state index < -0.39 is 0 Å². The number of hydrogen-bond acceptors (Lipinski definition) is 2. The molecule has 2 N–H and O–H groups in total. The van der Waals surface area contributed by atoms with Gasteiger partial charge in [-0.15, -0.1) is 0 Å². The molecule has 100 valence electrons. The lowest BCUT2D eigenvalue weighted by atomic mass is 10.1. The van der Waals surface area contributed by atoms with Gasteiger partial charge in [-0.3, -0.25) is 0 Å². The Morgan fingerprint density at radius 2 is 1.58 bits per heavy atom. The molecule has 2 rings (SSSR count). The number of benzene rings is 2. The van der Waals surface area contributed by atoms with E-state index in [0.717, 1.165) is 12.2 Å². The van der Waals surface area contributed by atoms with Crippen LogP contribution in [0.15, 0.2) is 54.6 Å². The third-order valence-corrected chi connectivity index (χ3v) is 3.06. The molecule has 19 heavy (non-hydrogen) atoms. The minimum absolute atomic E-state index is 0.0560. The fourth-order valence-electron chi connectivity index (χ4n) is 2.07. The van der Waals surface area contributed by atoms with Crippen LogP contribution in [0.3, 0.4) is 0 Å². The van der Waals surface area contributed by atoms with Gasteiger partial charge in [-0.1, -0.05) is 42.5 Å². The van der Waals surface area contributed by atoms with Crippen molar-refractivity contribution < 1.29 is 4.74 Å². The predicted octanol–water partition coefficient (Wildman–Crippen LogP) is 3.72. The van der Waals surface area contributed by atoms with Crippen molar-refractivity contribution in [1.29, 1.82) is 0 Å². The van der Waals surface area contributed by atoms with E-state index in [1.807, 2.05) is 37.3 Å². The Morgan fingerprint density at radius 3 is 2.16 bits per heavy atom. The van der Waals surface area contributed by atoms with Crippen LogP contribution >= 0.6 is 0 Å². The predicted molar refractivity (Wildman–Crippen MR) is 79.3 cm³/mol. The van der Waals surface area contributed by atoms with Crippen LogP contribution in [0.4, 0.5) is 0 Å². The summed E-state index contributed by atoms with van der Waals surface area (Å²) in [4.78, 5) is 0. The summed E-state index contributed by atoms with van der Waals surface area (Å²) in [7, 11) is 0. The van der Waals surface area contributed by atoms with E-state index in [2.05, 4.69) is 31.2 Å². The second kappa shape index (κ2) is 6.39. The zero-order valence-electron chi connectivity index (χ0n) is 11.5. The lowest BCUT2D eigenvalue weighted by Crippen LogP contribution is -2.17. The fraction of sp³-hybridized carbons (Fsp3) is 0.294. The monoisotopic (exact) mass is 255 g/mol. The van der Waals surface area contributed by atoms with E-state index in [1.54, 1.807) is 0 Å². The maximum Gasteiger partial charge on any atom is 0.121 e. The molecule has 0 spiro atoms. The number of nitrogens with two attached hydrogens (primary N) is 1. The quantitative estimate of drug-likeness (QED) is 0.883. The first-order valence-corrected chi connectivity index (χ1v) is 6.71. The van der Waals surface area contributed by atoms with Gasteiger partial charge in [-0.25, -0.2) is 0 Å². The van der Waals surface area contributed by atoms with Gasteiger partial charge in [0.1, 0.15) is 11.9 Å². The molecule has 2 nitrogen and oxygen atoms in total. The molecule has 0 aliphatic rings. The highest BCUT2D eigenvalue weighted by molar-refractivity contribution is 5.29. The summed E-state index contributed by atoms with van der Waals surface area (Å²) in [5.74, 6) is 0.893. The molecule has 0 aliphatic carbocycles. The molecule has 2 unspecified atom stereocenters. The van der Waals surface area contributed by atoms with E-state index in [-0.39, 0.29) is 12.1 Å². The Bertz CT molecular complexity index is 490. The van der Waals surface area contributed by atoms with Gasteiger partial charge in [0.2, 0.25) is 0 Å². The Balaban J connectivity index is 1.99. The van der Waals surface area contributed by atoms with Gasteiger partial charge in [0.05, 0.1) is 0 Å². The topological polar surface area (TPSA) is 35.2 Å². The molecule has 0 aromatic heterocycles. The Hall–Kier alpha value is -1.80. The first kappa shape index (κ1) is 13.6. The first-order valence-electron chi connectivity index (χ1n) is 6.71. The maximum atomic E-state index is 5.93. The van der Waals surface area contributed by atoms with Gasteiger partial charge < -0.3 is 10.5 Å². The lowest BCUT2D eigenvalue weighted by molar-refractivity contribution is 0.227. The van der Waals surface area contributed by atoms with Gasteiger partial charge in [0.15, 0.2) is 0 Å². The van der Waals surface area contributed by atoms with Crippen molar-refractivity contribution in [3.05, 3.63) is 65.7 Å². The molecule has 2 heteroatoms. The van der Waals surface area contributed by atoms with Crippen LogP contribution in [0, 0.1) is 0 Å². The average molecular weight is 255 g/mol. The van der Waals surface area contributed by atoms with Crippen LogP contribution in [0.1, 0.15) is 31.1 Å². The van der Waals surface area contributed by atoms with Crippen LogP contribution in [0.25, 0.3) is 0 Å². The van der Waals surface area contributed by atoms with E-state index in [1.165, 1.54) is 11.1 Å². The normalized spacial score (nSPS) is 13.8. The third-order valence-electron chi connectivity index (χ3n) is 3.06. The van der Waals surface area contributed by atoms with Gasteiger partial charge in [-0.05, 0) is 43.5 Å². The third kappa shape index (κ3) is 4.11. The SMILES string of the molecule is CC(N)Cc1ccc(OC(C)c2ccccc2)cc1. The second-order valence-electron chi connectivity index (χ2n) is 5.00. The fourth-order valence-corrected chi connectivity index (χ4v) is 2.07. The summed E-state index contributed by atoms with van der Waals surface area (Å²) in [6.45, 7) is 4.08. The number of rotatable bonds is 5. The minimum atomic E-state index is 0.0560. The van der Waals surface area contributed by atoms with Crippen molar-refractivity contribution in [3.8, 4) is 5.75 Å². The summed E-state index contributed by atoms with van der Waals surface area (Å²) in [5, 5.41) is 0. The molecule has 0 amide bonds. The average Bonchev–Trinajstić information content (AvgIpc) is 2.41. The zero-order chi connectivity index (χ0) is 13.7. The highest BCUT2D eigenvalue weighted by Crippen LogP contribution is 2.22. The molecular formula is C17H21NO. The Labute approximate surface area is 115 Å². The molecule has 0 saturated carbocycles. The summed E-state index contributed by atoms with van der Waals surface area (Å²) in [6, 6.07) is 18.6. The van der Waals surface area contributed by atoms with E-state index >= 15 is 0 Å². The number of hydrogen-bond donors (Lipinski definition) is 1.